The molecule has 0 saturated carbocycles. The summed E-state index contributed by atoms with van der Waals surface area (Å²) >= 11 is 6.00. The first-order valence-electron chi connectivity index (χ1n) is 9.28. The summed E-state index contributed by atoms with van der Waals surface area (Å²) in [5.74, 6) is -0.442. The average Bonchev–Trinajstić information content (AvgIpc) is 2.69. The van der Waals surface area contributed by atoms with Crippen molar-refractivity contribution in [2.45, 2.75) is 19.4 Å². The molecule has 0 saturated heterocycles. The maximum Gasteiger partial charge on any atom is 0.247 e. The first-order valence-corrected chi connectivity index (χ1v) is 11.5. The van der Waals surface area contributed by atoms with Crippen LogP contribution in [0.1, 0.15) is 18.1 Å². The third kappa shape index (κ3) is 5.58. The van der Waals surface area contributed by atoms with E-state index < -0.39 is 22.0 Å². The number of rotatable bonds is 7. The van der Waals surface area contributed by atoms with Crippen LogP contribution in [-0.2, 0) is 21.2 Å². The number of hydrogen-bond donors (Lipinski definition) is 1. The maximum atomic E-state index is 12.8. The molecule has 1 aromatic heterocycles. The van der Waals surface area contributed by atoms with E-state index in [0.29, 0.717) is 16.4 Å². The van der Waals surface area contributed by atoms with E-state index in [1.807, 2.05) is 24.3 Å². The predicted octanol–water partition coefficient (Wildman–Crippen LogP) is 4.12. The Balaban J connectivity index is 1.73. The zero-order chi connectivity index (χ0) is 21.7. The van der Waals surface area contributed by atoms with Crippen molar-refractivity contribution in [3.8, 4) is 0 Å². The zero-order valence-electron chi connectivity index (χ0n) is 16.6. The second-order valence-electron chi connectivity index (χ2n) is 6.93. The molecule has 0 aliphatic carbocycles. The van der Waals surface area contributed by atoms with E-state index >= 15 is 0 Å². The minimum atomic E-state index is -3.70. The molecule has 156 valence electrons. The van der Waals surface area contributed by atoms with Gasteiger partial charge in [0.25, 0.3) is 0 Å². The Morgan fingerprint density at radius 2 is 1.70 bits per heavy atom. The summed E-state index contributed by atoms with van der Waals surface area (Å²) in [6, 6.07) is 16.8. The van der Waals surface area contributed by atoms with E-state index in [9.17, 15) is 13.2 Å². The van der Waals surface area contributed by atoms with Crippen LogP contribution in [0, 0.1) is 0 Å². The van der Waals surface area contributed by atoms with Gasteiger partial charge in [-0.05, 0) is 66.9 Å². The molecule has 0 aliphatic heterocycles. The number of nitrogens with zero attached hydrogens (tertiary/aromatic N) is 2. The van der Waals surface area contributed by atoms with Crippen LogP contribution >= 0.6 is 11.6 Å². The van der Waals surface area contributed by atoms with Crippen LogP contribution in [0.25, 0.3) is 0 Å². The maximum absolute atomic E-state index is 12.8. The molecule has 3 aromatic rings. The topological polar surface area (TPSA) is 79.4 Å². The molecule has 0 aliphatic rings. The fraction of sp³-hybridized carbons (Fsp3) is 0.182. The van der Waals surface area contributed by atoms with Gasteiger partial charge in [0.15, 0.2) is 0 Å². The standard InChI is InChI=1S/C22H22ClN3O3S/c1-16(26(30(2,28)29)21-5-3-4-19(23)15-21)22(27)25-20-8-6-17(7-9-20)14-18-10-12-24-13-11-18/h3-13,15-16H,14H2,1-2H3,(H,25,27)/t16-/m1/s1. The monoisotopic (exact) mass is 443 g/mol. The van der Waals surface area contributed by atoms with E-state index in [1.54, 1.807) is 42.7 Å². The minimum Gasteiger partial charge on any atom is -0.324 e. The largest absolute Gasteiger partial charge is 0.324 e. The molecule has 0 spiro atoms. The van der Waals surface area contributed by atoms with Gasteiger partial charge in [0.05, 0.1) is 11.9 Å². The number of benzene rings is 2. The lowest BCUT2D eigenvalue weighted by Crippen LogP contribution is -2.45. The smallest absolute Gasteiger partial charge is 0.247 e. The van der Waals surface area contributed by atoms with Crippen molar-refractivity contribution in [3.05, 3.63) is 89.2 Å². The highest BCUT2D eigenvalue weighted by molar-refractivity contribution is 7.92. The van der Waals surface area contributed by atoms with Crippen LogP contribution in [0.15, 0.2) is 73.1 Å². The number of pyridine rings is 1. The van der Waals surface area contributed by atoms with Crippen molar-refractivity contribution in [3.63, 3.8) is 0 Å². The van der Waals surface area contributed by atoms with Gasteiger partial charge in [-0.25, -0.2) is 8.42 Å². The van der Waals surface area contributed by atoms with E-state index in [1.165, 1.54) is 13.0 Å². The molecule has 2 aromatic carbocycles. The molecule has 0 unspecified atom stereocenters. The summed E-state index contributed by atoms with van der Waals surface area (Å²) < 4.78 is 25.8. The molecule has 1 amide bonds. The third-order valence-corrected chi connectivity index (χ3v) is 6.01. The Morgan fingerprint density at radius 3 is 2.30 bits per heavy atom. The highest BCUT2D eigenvalue weighted by Crippen LogP contribution is 2.25. The van der Waals surface area contributed by atoms with E-state index in [0.717, 1.165) is 28.1 Å². The fourth-order valence-corrected chi connectivity index (χ4v) is 4.46. The molecule has 0 fully saturated rings. The number of halogens is 1. The van der Waals surface area contributed by atoms with Crippen LogP contribution in [-0.4, -0.2) is 31.6 Å². The molecule has 6 nitrogen and oxygen atoms in total. The minimum absolute atomic E-state index is 0.334. The number of hydrogen-bond acceptors (Lipinski definition) is 4. The van der Waals surface area contributed by atoms with Gasteiger partial charge < -0.3 is 5.32 Å². The highest BCUT2D eigenvalue weighted by Gasteiger charge is 2.29. The van der Waals surface area contributed by atoms with Gasteiger partial charge in [0, 0.05) is 23.1 Å². The summed E-state index contributed by atoms with van der Waals surface area (Å²) in [5, 5.41) is 3.17. The Hall–Kier alpha value is -2.90. The molecule has 8 heteroatoms. The van der Waals surface area contributed by atoms with Crippen molar-refractivity contribution >= 4 is 38.9 Å². The average molecular weight is 444 g/mol. The lowest BCUT2D eigenvalue weighted by atomic mass is 10.1. The van der Waals surface area contributed by atoms with Crippen molar-refractivity contribution in [1.82, 2.24) is 4.98 Å². The molecule has 1 atom stereocenters. The molecule has 0 radical (unpaired) electrons. The number of aromatic nitrogens is 1. The van der Waals surface area contributed by atoms with Crippen LogP contribution < -0.4 is 9.62 Å². The van der Waals surface area contributed by atoms with Gasteiger partial charge >= 0.3 is 0 Å². The predicted molar refractivity (Wildman–Crippen MR) is 120 cm³/mol. The molecular formula is C22H22ClN3O3S. The first kappa shape index (κ1) is 21.8. The number of carbonyl (C=O) groups is 1. The second-order valence-corrected chi connectivity index (χ2v) is 9.23. The third-order valence-electron chi connectivity index (χ3n) is 4.53. The lowest BCUT2D eigenvalue weighted by molar-refractivity contribution is -0.116. The number of anilines is 2. The van der Waals surface area contributed by atoms with Crippen LogP contribution in [0.2, 0.25) is 5.02 Å². The lowest BCUT2D eigenvalue weighted by Gasteiger charge is -2.28. The zero-order valence-corrected chi connectivity index (χ0v) is 18.2. The number of sulfonamides is 1. The number of carbonyl (C=O) groups excluding carboxylic acids is 1. The van der Waals surface area contributed by atoms with Gasteiger partial charge in [0.2, 0.25) is 15.9 Å². The van der Waals surface area contributed by atoms with Gasteiger partial charge in [-0.2, -0.15) is 0 Å². The second kappa shape index (κ2) is 9.28. The van der Waals surface area contributed by atoms with Crippen molar-refractivity contribution in [2.24, 2.45) is 0 Å². The molecule has 1 N–H and O–H groups in total. The summed E-state index contributed by atoms with van der Waals surface area (Å²) in [6.45, 7) is 1.54. The molecule has 30 heavy (non-hydrogen) atoms. The van der Waals surface area contributed by atoms with Crippen molar-refractivity contribution in [2.75, 3.05) is 15.9 Å². The first-order chi connectivity index (χ1) is 14.2. The summed E-state index contributed by atoms with van der Waals surface area (Å²) in [5.41, 5.74) is 3.15. The van der Waals surface area contributed by atoms with Gasteiger partial charge in [-0.15, -0.1) is 0 Å². The fourth-order valence-electron chi connectivity index (χ4n) is 3.11. The highest BCUT2D eigenvalue weighted by atomic mass is 35.5. The summed E-state index contributed by atoms with van der Waals surface area (Å²) in [6.07, 6.45) is 5.31. The quantitative estimate of drug-likeness (QED) is 0.595. The molecule has 1 heterocycles. The van der Waals surface area contributed by atoms with Crippen molar-refractivity contribution < 1.29 is 13.2 Å². The van der Waals surface area contributed by atoms with E-state index in [2.05, 4.69) is 10.3 Å². The normalized spacial score (nSPS) is 12.2. The van der Waals surface area contributed by atoms with Crippen LogP contribution in [0.5, 0.6) is 0 Å². The van der Waals surface area contributed by atoms with Crippen molar-refractivity contribution in [1.29, 1.82) is 0 Å². The number of nitrogens with one attached hydrogen (secondary N) is 1. The Labute approximate surface area is 181 Å². The van der Waals surface area contributed by atoms with Crippen LogP contribution in [0.4, 0.5) is 11.4 Å². The van der Waals surface area contributed by atoms with Gasteiger partial charge in [-0.3, -0.25) is 14.1 Å². The van der Waals surface area contributed by atoms with Gasteiger partial charge in [-0.1, -0.05) is 29.8 Å². The van der Waals surface area contributed by atoms with Crippen LogP contribution in [0.3, 0.4) is 0 Å². The number of amides is 1. The van der Waals surface area contributed by atoms with E-state index in [-0.39, 0.29) is 0 Å². The molecule has 3 rings (SSSR count). The summed E-state index contributed by atoms with van der Waals surface area (Å²) in [7, 11) is -3.70. The SMILES string of the molecule is C[C@H](C(=O)Nc1ccc(Cc2ccncc2)cc1)N(c1cccc(Cl)c1)S(C)(=O)=O. The Bertz CT molecular complexity index is 1120. The Kier molecular flexibility index (Phi) is 6.74. The summed E-state index contributed by atoms with van der Waals surface area (Å²) in [4.78, 5) is 16.8. The van der Waals surface area contributed by atoms with Gasteiger partial charge in [0.1, 0.15) is 6.04 Å². The van der Waals surface area contributed by atoms with E-state index in [4.69, 9.17) is 11.6 Å². The molecule has 0 bridgehead atoms. The Morgan fingerprint density at radius 1 is 1.07 bits per heavy atom. The molecular weight excluding hydrogens is 422 g/mol.